The minimum atomic E-state index is -0.871. The summed E-state index contributed by atoms with van der Waals surface area (Å²) in [6.45, 7) is 0.672. The van der Waals surface area contributed by atoms with Gasteiger partial charge >= 0.3 is 0 Å². The molecule has 0 aliphatic rings. The van der Waals surface area contributed by atoms with Crippen molar-refractivity contribution >= 4 is 11.6 Å². The third kappa shape index (κ3) is 6.76. The van der Waals surface area contributed by atoms with E-state index in [1.165, 1.54) is 24.3 Å². The van der Waals surface area contributed by atoms with Crippen LogP contribution < -0.4 is 4.74 Å². The van der Waals surface area contributed by atoms with Crippen LogP contribution in [-0.4, -0.2) is 29.3 Å². The molecule has 0 amide bonds. The molecule has 0 heterocycles. The molecule has 3 aromatic rings. The fraction of sp³-hybridized carbons (Fsp3) is 0.217. The number of halogens is 4. The lowest BCUT2D eigenvalue weighted by Gasteiger charge is -2.25. The summed E-state index contributed by atoms with van der Waals surface area (Å²) in [5, 5.41) is 11.0. The van der Waals surface area contributed by atoms with E-state index in [1.54, 1.807) is 41.3 Å². The van der Waals surface area contributed by atoms with Crippen LogP contribution in [0, 0.1) is 17.5 Å². The molecule has 3 rings (SSSR count). The molecule has 158 valence electrons. The normalized spacial score (nSPS) is 12.2. The molecule has 0 saturated carbocycles. The molecule has 0 aliphatic carbocycles. The second-order valence-corrected chi connectivity index (χ2v) is 7.39. The number of ether oxygens (including phenoxy) is 1. The van der Waals surface area contributed by atoms with Crippen LogP contribution >= 0.6 is 11.6 Å². The number of hydrogen-bond acceptors (Lipinski definition) is 3. The summed E-state index contributed by atoms with van der Waals surface area (Å²) in [7, 11) is 0. The largest absolute Gasteiger partial charge is 0.491 e. The summed E-state index contributed by atoms with van der Waals surface area (Å²) in [5.74, 6) is -1.11. The highest BCUT2D eigenvalue weighted by Gasteiger charge is 2.16. The summed E-state index contributed by atoms with van der Waals surface area (Å²) in [6.07, 6.45) is -0.871. The number of aliphatic hydroxyl groups is 1. The SMILES string of the molecule is OC(COc1ccc(Cl)cc1)CN(Cc1ccc(F)cc1)Cc1ccc(F)cc1F. The maximum absolute atomic E-state index is 14.1. The molecule has 0 bridgehead atoms. The summed E-state index contributed by atoms with van der Waals surface area (Å²) in [4.78, 5) is 1.79. The Morgan fingerprint density at radius 2 is 1.53 bits per heavy atom. The third-order valence-corrected chi connectivity index (χ3v) is 4.71. The Hall–Kier alpha value is -2.54. The first-order valence-corrected chi connectivity index (χ1v) is 9.74. The zero-order valence-corrected chi connectivity index (χ0v) is 16.8. The average Bonchev–Trinajstić information content (AvgIpc) is 2.71. The highest BCUT2D eigenvalue weighted by atomic mass is 35.5. The van der Waals surface area contributed by atoms with Crippen LogP contribution in [0.25, 0.3) is 0 Å². The summed E-state index contributed by atoms with van der Waals surface area (Å²) < 4.78 is 46.1. The van der Waals surface area contributed by atoms with Crippen molar-refractivity contribution in [3.05, 3.63) is 100 Å². The van der Waals surface area contributed by atoms with Gasteiger partial charge in [0.2, 0.25) is 0 Å². The first-order valence-electron chi connectivity index (χ1n) is 9.36. The monoisotopic (exact) mass is 435 g/mol. The Balaban J connectivity index is 1.67. The molecule has 3 nitrogen and oxygen atoms in total. The molecule has 30 heavy (non-hydrogen) atoms. The van der Waals surface area contributed by atoms with Gasteiger partial charge in [0.05, 0.1) is 0 Å². The van der Waals surface area contributed by atoms with E-state index in [1.807, 2.05) is 0 Å². The Morgan fingerprint density at radius 3 is 2.20 bits per heavy atom. The molecule has 0 saturated heterocycles. The Morgan fingerprint density at radius 1 is 0.867 bits per heavy atom. The van der Waals surface area contributed by atoms with Crippen LogP contribution in [0.5, 0.6) is 5.75 Å². The van der Waals surface area contributed by atoms with Gasteiger partial charge in [-0.15, -0.1) is 0 Å². The summed E-state index contributed by atoms with van der Waals surface area (Å²) in [6, 6.07) is 16.1. The molecule has 0 aliphatic heterocycles. The van der Waals surface area contributed by atoms with Gasteiger partial charge in [0.25, 0.3) is 0 Å². The minimum Gasteiger partial charge on any atom is -0.491 e. The Kier molecular flexibility index (Phi) is 7.74. The van der Waals surface area contributed by atoms with Crippen molar-refractivity contribution in [1.29, 1.82) is 0 Å². The van der Waals surface area contributed by atoms with Gasteiger partial charge in [-0.1, -0.05) is 29.8 Å². The van der Waals surface area contributed by atoms with E-state index in [9.17, 15) is 18.3 Å². The number of hydrogen-bond donors (Lipinski definition) is 1. The van der Waals surface area contributed by atoms with Crippen molar-refractivity contribution in [3.8, 4) is 5.75 Å². The quantitative estimate of drug-likeness (QED) is 0.501. The van der Waals surface area contributed by atoms with E-state index in [-0.39, 0.29) is 25.5 Å². The lowest BCUT2D eigenvalue weighted by atomic mass is 10.1. The van der Waals surface area contributed by atoms with Gasteiger partial charge in [-0.25, -0.2) is 13.2 Å². The van der Waals surface area contributed by atoms with Gasteiger partial charge in [-0.3, -0.25) is 4.90 Å². The molecule has 1 atom stereocenters. The predicted molar refractivity (Wildman–Crippen MR) is 110 cm³/mol. The van der Waals surface area contributed by atoms with Crippen molar-refractivity contribution in [1.82, 2.24) is 4.90 Å². The van der Waals surface area contributed by atoms with Crippen LogP contribution in [-0.2, 0) is 13.1 Å². The summed E-state index contributed by atoms with van der Waals surface area (Å²) in [5.41, 5.74) is 1.09. The number of nitrogens with zero attached hydrogens (tertiary/aromatic N) is 1. The fourth-order valence-electron chi connectivity index (χ4n) is 3.00. The predicted octanol–water partition coefficient (Wildman–Crippen LogP) is 5.20. The maximum atomic E-state index is 14.1. The average molecular weight is 436 g/mol. The lowest BCUT2D eigenvalue weighted by molar-refractivity contribution is 0.0624. The molecule has 1 N–H and O–H groups in total. The van der Waals surface area contributed by atoms with Crippen molar-refractivity contribution in [2.24, 2.45) is 0 Å². The molecular weight excluding hydrogens is 415 g/mol. The van der Waals surface area contributed by atoms with Gasteiger partial charge in [-0.2, -0.15) is 0 Å². The van der Waals surface area contributed by atoms with E-state index in [2.05, 4.69) is 0 Å². The zero-order chi connectivity index (χ0) is 21.5. The van der Waals surface area contributed by atoms with Crippen molar-refractivity contribution < 1.29 is 23.0 Å². The zero-order valence-electron chi connectivity index (χ0n) is 16.1. The minimum absolute atomic E-state index is 0.0213. The van der Waals surface area contributed by atoms with Crippen molar-refractivity contribution in [2.45, 2.75) is 19.2 Å². The van der Waals surface area contributed by atoms with Gasteiger partial charge < -0.3 is 9.84 Å². The highest BCUT2D eigenvalue weighted by molar-refractivity contribution is 6.30. The van der Waals surface area contributed by atoms with Crippen LogP contribution in [0.2, 0.25) is 5.02 Å². The van der Waals surface area contributed by atoms with Gasteiger partial charge in [0.15, 0.2) is 0 Å². The fourth-order valence-corrected chi connectivity index (χ4v) is 3.12. The number of aliphatic hydroxyl groups excluding tert-OH is 1. The standard InChI is InChI=1S/C23H21ClF3NO2/c24-18-4-9-22(10-5-18)30-15-21(29)14-28(12-16-1-6-19(25)7-2-16)13-17-3-8-20(26)11-23(17)27/h1-11,21,29H,12-15H2. The van der Waals surface area contributed by atoms with Crippen molar-refractivity contribution in [3.63, 3.8) is 0 Å². The Bertz CT molecular complexity index is 952. The van der Waals surface area contributed by atoms with Gasteiger partial charge in [0.1, 0.15) is 35.9 Å². The maximum Gasteiger partial charge on any atom is 0.130 e. The second kappa shape index (κ2) is 10.5. The molecular formula is C23H21ClF3NO2. The van der Waals surface area contributed by atoms with E-state index in [4.69, 9.17) is 16.3 Å². The third-order valence-electron chi connectivity index (χ3n) is 4.45. The van der Waals surface area contributed by atoms with Gasteiger partial charge in [0, 0.05) is 36.3 Å². The first kappa shape index (κ1) is 22.2. The van der Waals surface area contributed by atoms with Crippen LogP contribution in [0.1, 0.15) is 11.1 Å². The summed E-state index contributed by atoms with van der Waals surface area (Å²) >= 11 is 5.84. The van der Waals surface area contributed by atoms with Crippen LogP contribution in [0.15, 0.2) is 66.7 Å². The molecule has 3 aromatic carbocycles. The molecule has 7 heteroatoms. The van der Waals surface area contributed by atoms with Crippen molar-refractivity contribution in [2.75, 3.05) is 13.2 Å². The second-order valence-electron chi connectivity index (χ2n) is 6.95. The first-order chi connectivity index (χ1) is 14.4. The Labute approximate surface area is 178 Å². The van der Waals surface area contributed by atoms with Crippen LogP contribution in [0.4, 0.5) is 13.2 Å². The number of benzene rings is 3. The lowest BCUT2D eigenvalue weighted by Crippen LogP contribution is -2.35. The molecule has 0 aromatic heterocycles. The highest BCUT2D eigenvalue weighted by Crippen LogP contribution is 2.17. The molecule has 0 fully saturated rings. The van der Waals surface area contributed by atoms with E-state index >= 15 is 0 Å². The number of rotatable bonds is 9. The van der Waals surface area contributed by atoms with E-state index in [0.717, 1.165) is 11.6 Å². The molecule has 0 spiro atoms. The topological polar surface area (TPSA) is 32.7 Å². The van der Waals surface area contributed by atoms with Crippen LogP contribution in [0.3, 0.4) is 0 Å². The molecule has 0 radical (unpaired) electrons. The van der Waals surface area contributed by atoms with E-state index in [0.29, 0.717) is 22.9 Å². The van der Waals surface area contributed by atoms with E-state index < -0.39 is 17.7 Å². The molecule has 1 unspecified atom stereocenters. The van der Waals surface area contributed by atoms with Gasteiger partial charge in [-0.05, 0) is 48.0 Å². The smallest absolute Gasteiger partial charge is 0.130 e.